The molecule has 0 radical (unpaired) electrons. The van der Waals surface area contributed by atoms with Gasteiger partial charge in [0, 0.05) is 0 Å². The fraction of sp³-hybridized carbons (Fsp3) is 1.00. The molecule has 0 heterocycles. The zero-order chi connectivity index (χ0) is 19.2. The first-order chi connectivity index (χ1) is 12.7. The largest absolute Gasteiger partial charge is 0.0622 e. The second-order valence-electron chi connectivity index (χ2n) is 13.3. The van der Waals surface area contributed by atoms with Gasteiger partial charge in [-0.3, -0.25) is 0 Å². The van der Waals surface area contributed by atoms with Crippen molar-refractivity contribution in [3.05, 3.63) is 0 Å². The highest BCUT2D eigenvalue weighted by molar-refractivity contribution is 5.16. The van der Waals surface area contributed by atoms with Crippen LogP contribution < -0.4 is 0 Å². The molecule has 0 nitrogen and oxygen atoms in total. The molecule has 5 saturated carbocycles. The normalized spacial score (nSPS) is 62.9. The van der Waals surface area contributed by atoms with E-state index in [0.717, 1.165) is 35.5 Å². The lowest BCUT2D eigenvalue weighted by molar-refractivity contribution is -0.227. The number of rotatable bonds is 0. The van der Waals surface area contributed by atoms with Gasteiger partial charge in [-0.2, -0.15) is 0 Å². The Kier molecular flexibility index (Phi) is 4.07. The highest BCUT2D eigenvalue weighted by Gasteiger charge is 2.68. The third-order valence-electron chi connectivity index (χ3n) is 12.8. The van der Waals surface area contributed by atoms with Gasteiger partial charge in [0.15, 0.2) is 0 Å². The van der Waals surface area contributed by atoms with Crippen LogP contribution in [0.3, 0.4) is 0 Å². The van der Waals surface area contributed by atoms with Gasteiger partial charge in [0.2, 0.25) is 0 Å². The molecule has 0 heteroatoms. The van der Waals surface area contributed by atoms with E-state index in [1.807, 2.05) is 0 Å². The quantitative estimate of drug-likeness (QED) is 0.404. The predicted molar refractivity (Wildman–Crippen MR) is 116 cm³/mol. The van der Waals surface area contributed by atoms with Crippen LogP contribution in [0.4, 0.5) is 0 Å². The van der Waals surface area contributed by atoms with Gasteiger partial charge in [-0.15, -0.1) is 0 Å². The lowest BCUT2D eigenvalue weighted by atomic mass is 9.33. The van der Waals surface area contributed by atoms with Crippen molar-refractivity contribution in [1.82, 2.24) is 0 Å². The van der Waals surface area contributed by atoms with Crippen LogP contribution in [0, 0.1) is 57.2 Å². The van der Waals surface area contributed by atoms with Crippen LogP contribution in [-0.4, -0.2) is 0 Å². The number of hydrogen-bond donors (Lipinski definition) is 0. The van der Waals surface area contributed by atoms with Crippen LogP contribution in [0.2, 0.25) is 0 Å². The molecule has 5 fully saturated rings. The van der Waals surface area contributed by atoms with Crippen molar-refractivity contribution in [1.29, 1.82) is 0 Å². The molecule has 9 unspecified atom stereocenters. The third kappa shape index (κ3) is 2.23. The van der Waals surface area contributed by atoms with Crippen LogP contribution in [-0.2, 0) is 0 Å². The Balaban J connectivity index is 1.52. The minimum atomic E-state index is 0.603. The van der Waals surface area contributed by atoms with E-state index in [9.17, 15) is 0 Å². The summed E-state index contributed by atoms with van der Waals surface area (Å²) in [6.07, 6.45) is 16.8. The first-order valence-electron chi connectivity index (χ1n) is 12.7. The Bertz CT molecular complexity index is 607. The molecule has 0 bridgehead atoms. The first kappa shape index (κ1) is 19.0. The van der Waals surface area contributed by atoms with Gasteiger partial charge < -0.3 is 0 Å². The summed E-state index contributed by atoms with van der Waals surface area (Å²) in [6, 6.07) is 0. The summed E-state index contributed by atoms with van der Waals surface area (Å²) in [6.45, 7) is 16.2. The van der Waals surface area contributed by atoms with Crippen molar-refractivity contribution >= 4 is 0 Å². The van der Waals surface area contributed by atoms with Crippen molar-refractivity contribution < 1.29 is 0 Å². The van der Waals surface area contributed by atoms with Crippen LogP contribution in [0.25, 0.3) is 0 Å². The second kappa shape index (κ2) is 5.78. The van der Waals surface area contributed by atoms with E-state index in [4.69, 9.17) is 0 Å². The van der Waals surface area contributed by atoms with Gasteiger partial charge in [0.05, 0.1) is 0 Å². The predicted octanol–water partition coefficient (Wildman–Crippen LogP) is 8.11. The molecule has 0 spiro atoms. The second-order valence-corrected chi connectivity index (χ2v) is 13.3. The molecule has 0 amide bonds. The van der Waals surface area contributed by atoms with E-state index in [1.54, 1.807) is 19.3 Å². The molecule has 5 rings (SSSR count). The summed E-state index contributed by atoms with van der Waals surface area (Å²) in [4.78, 5) is 0. The maximum absolute atomic E-state index is 2.80. The molecule has 0 saturated heterocycles. The molecular weight excluding hydrogens is 324 g/mol. The topological polar surface area (TPSA) is 0 Å². The maximum Gasteiger partial charge on any atom is -0.0235 e. The van der Waals surface area contributed by atoms with Crippen molar-refractivity contribution in [2.24, 2.45) is 57.2 Å². The van der Waals surface area contributed by atoms with Crippen molar-refractivity contribution in [2.45, 2.75) is 112 Å². The Morgan fingerprint density at radius 2 is 1.37 bits per heavy atom. The standard InChI is InChI=1S/C27H46/c1-18-11-14-25(4)20(19(18)2)12-15-27(6)23(25)10-9-22-21-8-7-13-24(21,3)16-17-26(22,27)5/h18-23H,7-17H2,1-6H3/t18?,19?,20?,21?,22?,23?,24?,25?,26-,27?/m1/s1. The van der Waals surface area contributed by atoms with Crippen molar-refractivity contribution in [3.8, 4) is 0 Å². The van der Waals surface area contributed by atoms with Crippen LogP contribution in [0.5, 0.6) is 0 Å². The highest BCUT2D eigenvalue weighted by atomic mass is 14.7. The average molecular weight is 371 g/mol. The minimum absolute atomic E-state index is 0.603. The lowest BCUT2D eigenvalue weighted by Crippen LogP contribution is -2.64. The Morgan fingerprint density at radius 3 is 2.15 bits per heavy atom. The number of hydrogen-bond acceptors (Lipinski definition) is 0. The smallest absolute Gasteiger partial charge is 0.0235 e. The highest BCUT2D eigenvalue weighted by Crippen LogP contribution is 2.76. The molecule has 5 aliphatic rings. The summed E-state index contributed by atoms with van der Waals surface area (Å²) < 4.78 is 0. The van der Waals surface area contributed by atoms with Gasteiger partial charge in [0.25, 0.3) is 0 Å². The van der Waals surface area contributed by atoms with E-state index in [2.05, 4.69) is 41.5 Å². The fourth-order valence-corrected chi connectivity index (χ4v) is 10.7. The van der Waals surface area contributed by atoms with E-state index in [-0.39, 0.29) is 0 Å². The monoisotopic (exact) mass is 370 g/mol. The van der Waals surface area contributed by atoms with E-state index >= 15 is 0 Å². The molecule has 27 heavy (non-hydrogen) atoms. The zero-order valence-corrected chi connectivity index (χ0v) is 19.2. The van der Waals surface area contributed by atoms with E-state index in [1.165, 1.54) is 51.4 Å². The molecule has 0 N–H and O–H groups in total. The van der Waals surface area contributed by atoms with Crippen LogP contribution in [0.15, 0.2) is 0 Å². The van der Waals surface area contributed by atoms with E-state index < -0.39 is 0 Å². The molecule has 0 aromatic carbocycles. The van der Waals surface area contributed by atoms with Gasteiger partial charge in [-0.25, -0.2) is 0 Å². The molecule has 154 valence electrons. The number of fused-ring (bicyclic) bond motifs is 7. The van der Waals surface area contributed by atoms with Gasteiger partial charge in [-0.05, 0) is 121 Å². The third-order valence-corrected chi connectivity index (χ3v) is 12.8. The van der Waals surface area contributed by atoms with Crippen LogP contribution in [0.1, 0.15) is 112 Å². The zero-order valence-electron chi connectivity index (χ0n) is 19.2. The van der Waals surface area contributed by atoms with Crippen LogP contribution >= 0.6 is 0 Å². The van der Waals surface area contributed by atoms with Gasteiger partial charge in [0.1, 0.15) is 0 Å². The SMILES string of the molecule is CC1CCC2(C)C(CCC3(C)C2CCC2C4CCCC4(C)CC[C@]23C)C1C. The summed E-state index contributed by atoms with van der Waals surface area (Å²) >= 11 is 0. The Hall–Kier alpha value is 0. The van der Waals surface area contributed by atoms with Gasteiger partial charge in [-0.1, -0.05) is 48.0 Å². The molecule has 0 aliphatic heterocycles. The molecule has 10 atom stereocenters. The average Bonchev–Trinajstić information content (AvgIpc) is 3.01. The lowest BCUT2D eigenvalue weighted by Gasteiger charge is -2.71. The molecule has 0 aromatic rings. The molecule has 0 aromatic heterocycles. The summed E-state index contributed by atoms with van der Waals surface area (Å²) in [5.41, 5.74) is 2.54. The molecule has 5 aliphatic carbocycles. The Morgan fingerprint density at radius 1 is 0.593 bits per heavy atom. The first-order valence-corrected chi connectivity index (χ1v) is 12.7. The summed E-state index contributed by atoms with van der Waals surface area (Å²) in [7, 11) is 0. The Labute approximate surface area is 169 Å². The van der Waals surface area contributed by atoms with Crippen molar-refractivity contribution in [3.63, 3.8) is 0 Å². The maximum atomic E-state index is 2.80. The van der Waals surface area contributed by atoms with E-state index in [0.29, 0.717) is 21.7 Å². The minimum Gasteiger partial charge on any atom is -0.0622 e. The van der Waals surface area contributed by atoms with Gasteiger partial charge >= 0.3 is 0 Å². The van der Waals surface area contributed by atoms with Crippen molar-refractivity contribution in [2.75, 3.05) is 0 Å². The summed E-state index contributed by atoms with van der Waals surface area (Å²) in [5.74, 6) is 5.96. The molecular formula is C27H46. The summed E-state index contributed by atoms with van der Waals surface area (Å²) in [5, 5.41) is 0. The fourth-order valence-electron chi connectivity index (χ4n) is 10.7.